The minimum Gasteiger partial charge on any atom is -0.316 e. The number of rotatable bonds is 3. The number of aromatic nitrogens is 1. The summed E-state index contributed by atoms with van der Waals surface area (Å²) >= 11 is 0. The lowest BCUT2D eigenvalue weighted by Gasteiger charge is -2.31. The number of nitrogens with zero attached hydrogens (tertiary/aromatic N) is 1. The zero-order valence-electron chi connectivity index (χ0n) is 9.16. The molecule has 0 aromatic carbocycles. The quantitative estimate of drug-likeness (QED) is 0.757. The summed E-state index contributed by atoms with van der Waals surface area (Å²) in [4.78, 5) is 16.1. The minimum atomic E-state index is 0.106. The molecule has 1 unspecified atom stereocenters. The second kappa shape index (κ2) is 4.11. The van der Waals surface area contributed by atoms with E-state index < -0.39 is 0 Å². The van der Waals surface area contributed by atoms with Gasteiger partial charge in [0.25, 0.3) is 0 Å². The molecule has 1 aliphatic rings. The average Bonchev–Trinajstić information content (AvgIpc) is 2.14. The zero-order chi connectivity index (χ0) is 10.8. The molecule has 1 aromatic rings. The van der Waals surface area contributed by atoms with Gasteiger partial charge in [0.05, 0.1) is 0 Å². The van der Waals surface area contributed by atoms with Gasteiger partial charge in [0.2, 0.25) is 0 Å². The molecule has 0 bridgehead atoms. The lowest BCUT2D eigenvalue weighted by Crippen LogP contribution is -2.47. The van der Waals surface area contributed by atoms with Gasteiger partial charge in [-0.2, -0.15) is 0 Å². The van der Waals surface area contributed by atoms with E-state index in [1.165, 1.54) is 0 Å². The molecule has 1 aliphatic heterocycles. The zero-order valence-corrected chi connectivity index (χ0v) is 9.16. The number of pyridine rings is 1. The minimum absolute atomic E-state index is 0.106. The lowest BCUT2D eigenvalue weighted by molar-refractivity contribution is 0.0853. The van der Waals surface area contributed by atoms with Gasteiger partial charge in [-0.05, 0) is 37.6 Å². The van der Waals surface area contributed by atoms with Crippen LogP contribution in [0.5, 0.6) is 0 Å². The average molecular weight is 204 g/mol. The highest BCUT2D eigenvalue weighted by Crippen LogP contribution is 2.20. The monoisotopic (exact) mass is 204 g/mol. The van der Waals surface area contributed by atoms with Gasteiger partial charge < -0.3 is 5.32 Å². The Kier molecular flexibility index (Phi) is 2.82. The molecule has 2 heterocycles. The molecule has 0 amide bonds. The third kappa shape index (κ3) is 2.07. The number of Topliss-reactive ketones (excluding diaryl/α,β-unsaturated/α-hetero) is 1. The second-order valence-electron chi connectivity index (χ2n) is 4.32. The first kappa shape index (κ1) is 10.3. The predicted octanol–water partition coefficient (Wildman–Crippen LogP) is 1.43. The van der Waals surface area contributed by atoms with Crippen LogP contribution in [-0.4, -0.2) is 23.9 Å². The topological polar surface area (TPSA) is 42.0 Å². The second-order valence-corrected chi connectivity index (χ2v) is 4.32. The summed E-state index contributed by atoms with van der Waals surface area (Å²) in [6.45, 7) is 5.90. The van der Waals surface area contributed by atoms with Crippen molar-refractivity contribution < 1.29 is 4.79 Å². The molecule has 0 spiro atoms. The van der Waals surface area contributed by atoms with Crippen LogP contribution in [-0.2, 0) is 0 Å². The fraction of sp³-hybridized carbons (Fsp3) is 0.500. The Morgan fingerprint density at radius 2 is 2.27 bits per heavy atom. The fourth-order valence-electron chi connectivity index (χ4n) is 1.83. The number of carbonyl (C=O) groups is 1. The van der Waals surface area contributed by atoms with E-state index in [9.17, 15) is 4.79 Å². The maximum atomic E-state index is 12.1. The third-order valence-corrected chi connectivity index (χ3v) is 3.09. The molecular weight excluding hydrogens is 188 g/mol. The summed E-state index contributed by atoms with van der Waals surface area (Å²) in [5.74, 6) is 0.825. The van der Waals surface area contributed by atoms with Crippen LogP contribution in [0.25, 0.3) is 0 Å². The van der Waals surface area contributed by atoms with Gasteiger partial charge in [0.15, 0.2) is 5.78 Å². The van der Waals surface area contributed by atoms with Crippen molar-refractivity contribution in [3.8, 4) is 0 Å². The van der Waals surface area contributed by atoms with Crippen molar-refractivity contribution in [2.45, 2.75) is 13.8 Å². The number of nitrogens with one attached hydrogen (secondary N) is 1. The highest BCUT2D eigenvalue weighted by Gasteiger charge is 2.29. The SMILES string of the molecule is Cc1cncc(C(=O)C(C)C2CNC2)c1. The third-order valence-electron chi connectivity index (χ3n) is 3.09. The summed E-state index contributed by atoms with van der Waals surface area (Å²) in [5, 5.41) is 3.19. The first-order valence-corrected chi connectivity index (χ1v) is 5.35. The van der Waals surface area contributed by atoms with Crippen LogP contribution in [0.4, 0.5) is 0 Å². The van der Waals surface area contributed by atoms with E-state index in [1.54, 1.807) is 12.4 Å². The molecule has 1 fully saturated rings. The standard InChI is InChI=1S/C12H16N2O/c1-8-3-10(5-13-4-8)12(15)9(2)11-6-14-7-11/h3-5,9,11,14H,6-7H2,1-2H3. The molecule has 0 aliphatic carbocycles. The Morgan fingerprint density at radius 1 is 1.53 bits per heavy atom. The Labute approximate surface area is 89.9 Å². The van der Waals surface area contributed by atoms with Crippen molar-refractivity contribution in [2.75, 3.05) is 13.1 Å². The number of aryl methyl sites for hydroxylation is 1. The van der Waals surface area contributed by atoms with Crippen LogP contribution in [0.2, 0.25) is 0 Å². The van der Waals surface area contributed by atoms with Gasteiger partial charge in [0.1, 0.15) is 0 Å². The van der Waals surface area contributed by atoms with Crippen LogP contribution < -0.4 is 5.32 Å². The summed E-state index contributed by atoms with van der Waals surface area (Å²) < 4.78 is 0. The molecule has 1 atom stereocenters. The maximum Gasteiger partial charge on any atom is 0.167 e. The Hall–Kier alpha value is -1.22. The Bertz CT molecular complexity index is 372. The number of hydrogen-bond donors (Lipinski definition) is 1. The van der Waals surface area contributed by atoms with Crippen molar-refractivity contribution in [1.82, 2.24) is 10.3 Å². The van der Waals surface area contributed by atoms with Gasteiger partial charge in [-0.3, -0.25) is 9.78 Å². The molecule has 1 aromatic heterocycles. The summed E-state index contributed by atoms with van der Waals surface area (Å²) in [5.41, 5.74) is 1.79. The molecule has 3 heteroatoms. The summed E-state index contributed by atoms with van der Waals surface area (Å²) in [6, 6.07) is 1.91. The molecule has 1 saturated heterocycles. The smallest absolute Gasteiger partial charge is 0.167 e. The lowest BCUT2D eigenvalue weighted by atomic mass is 9.84. The summed E-state index contributed by atoms with van der Waals surface area (Å²) in [6.07, 6.45) is 3.43. The van der Waals surface area contributed by atoms with Gasteiger partial charge in [-0.15, -0.1) is 0 Å². The highest BCUT2D eigenvalue weighted by molar-refractivity contribution is 5.97. The van der Waals surface area contributed by atoms with E-state index in [0.29, 0.717) is 5.92 Å². The van der Waals surface area contributed by atoms with Gasteiger partial charge in [0, 0.05) is 23.9 Å². The van der Waals surface area contributed by atoms with Gasteiger partial charge in [-0.25, -0.2) is 0 Å². The molecule has 0 radical (unpaired) electrons. The number of carbonyl (C=O) groups excluding carboxylic acids is 1. The molecule has 3 nitrogen and oxygen atoms in total. The molecule has 15 heavy (non-hydrogen) atoms. The van der Waals surface area contributed by atoms with Gasteiger partial charge in [-0.1, -0.05) is 6.92 Å². The van der Waals surface area contributed by atoms with Crippen LogP contribution in [0.3, 0.4) is 0 Å². The van der Waals surface area contributed by atoms with E-state index in [4.69, 9.17) is 0 Å². The van der Waals surface area contributed by atoms with E-state index in [1.807, 2.05) is 19.9 Å². The van der Waals surface area contributed by atoms with Crippen LogP contribution >= 0.6 is 0 Å². The molecular formula is C12H16N2O. The maximum absolute atomic E-state index is 12.1. The first-order valence-electron chi connectivity index (χ1n) is 5.35. The van der Waals surface area contributed by atoms with E-state index in [0.717, 1.165) is 24.2 Å². The predicted molar refractivity (Wildman–Crippen MR) is 58.8 cm³/mol. The van der Waals surface area contributed by atoms with E-state index in [2.05, 4.69) is 10.3 Å². The number of ketones is 1. The summed E-state index contributed by atoms with van der Waals surface area (Å²) in [7, 11) is 0. The van der Waals surface area contributed by atoms with Crippen molar-refractivity contribution in [1.29, 1.82) is 0 Å². The van der Waals surface area contributed by atoms with E-state index >= 15 is 0 Å². The Morgan fingerprint density at radius 3 is 2.80 bits per heavy atom. The highest BCUT2D eigenvalue weighted by atomic mass is 16.1. The van der Waals surface area contributed by atoms with E-state index in [-0.39, 0.29) is 11.7 Å². The number of hydrogen-bond acceptors (Lipinski definition) is 3. The van der Waals surface area contributed by atoms with Crippen LogP contribution in [0.15, 0.2) is 18.5 Å². The molecule has 2 rings (SSSR count). The van der Waals surface area contributed by atoms with Crippen molar-refractivity contribution in [2.24, 2.45) is 11.8 Å². The van der Waals surface area contributed by atoms with Gasteiger partial charge >= 0.3 is 0 Å². The largest absolute Gasteiger partial charge is 0.316 e. The molecule has 80 valence electrons. The first-order chi connectivity index (χ1) is 7.18. The molecule has 1 N–H and O–H groups in total. The van der Waals surface area contributed by atoms with Crippen molar-refractivity contribution in [3.63, 3.8) is 0 Å². The fourth-order valence-corrected chi connectivity index (χ4v) is 1.83. The van der Waals surface area contributed by atoms with Crippen molar-refractivity contribution in [3.05, 3.63) is 29.6 Å². The van der Waals surface area contributed by atoms with Crippen LogP contribution in [0.1, 0.15) is 22.8 Å². The Balaban J connectivity index is 2.12. The van der Waals surface area contributed by atoms with Crippen LogP contribution in [0, 0.1) is 18.8 Å². The molecule has 0 saturated carbocycles. The normalized spacial score (nSPS) is 18.3. The van der Waals surface area contributed by atoms with Crippen molar-refractivity contribution >= 4 is 5.78 Å².